The van der Waals surface area contributed by atoms with Gasteiger partial charge in [-0.2, -0.15) is 0 Å². The van der Waals surface area contributed by atoms with Gasteiger partial charge in [-0.1, -0.05) is 30.3 Å². The summed E-state index contributed by atoms with van der Waals surface area (Å²) >= 11 is 0. The predicted molar refractivity (Wildman–Crippen MR) is 90.7 cm³/mol. The zero-order chi connectivity index (χ0) is 17.8. The third-order valence-electron chi connectivity index (χ3n) is 3.79. The molecule has 25 heavy (non-hydrogen) atoms. The number of ether oxygens (including phenoxy) is 2. The van der Waals surface area contributed by atoms with E-state index in [4.69, 9.17) is 4.74 Å². The summed E-state index contributed by atoms with van der Waals surface area (Å²) in [4.78, 5) is 35.3. The monoisotopic (exact) mass is 337 g/mol. The lowest BCUT2D eigenvalue weighted by Crippen LogP contribution is -2.12. The summed E-state index contributed by atoms with van der Waals surface area (Å²) in [6.07, 6.45) is 1.42. The molecule has 0 saturated carbocycles. The minimum Gasteiger partial charge on any atom is -0.465 e. The molecule has 0 aliphatic carbocycles. The van der Waals surface area contributed by atoms with Crippen LogP contribution in [0.2, 0.25) is 0 Å². The Morgan fingerprint density at radius 1 is 1.12 bits per heavy atom. The summed E-state index contributed by atoms with van der Waals surface area (Å²) in [5.41, 5.74) is 1.93. The van der Waals surface area contributed by atoms with E-state index in [0.717, 1.165) is 5.56 Å². The number of aromatic nitrogens is 1. The van der Waals surface area contributed by atoms with Gasteiger partial charge in [0.15, 0.2) is 6.29 Å². The van der Waals surface area contributed by atoms with Crippen LogP contribution in [-0.2, 0) is 16.1 Å². The third kappa shape index (κ3) is 3.28. The van der Waals surface area contributed by atoms with Crippen molar-refractivity contribution in [1.29, 1.82) is 0 Å². The zero-order valence-corrected chi connectivity index (χ0v) is 13.5. The molecule has 6 nitrogen and oxygen atoms in total. The van der Waals surface area contributed by atoms with Gasteiger partial charge in [0.05, 0.1) is 18.2 Å². The second kappa shape index (κ2) is 7.00. The molecule has 0 atom stereocenters. The maximum Gasteiger partial charge on any atom is 0.418 e. The largest absolute Gasteiger partial charge is 0.465 e. The number of methoxy groups -OCH3 is 1. The molecule has 0 aliphatic rings. The number of hydrogen-bond acceptors (Lipinski definition) is 5. The predicted octanol–water partition coefficient (Wildman–Crippen LogP) is 3.43. The van der Waals surface area contributed by atoms with Crippen molar-refractivity contribution < 1.29 is 23.9 Å². The number of hydrogen-bond donors (Lipinski definition) is 0. The molecule has 3 aromatic rings. The maximum atomic E-state index is 12.4. The topological polar surface area (TPSA) is 74.6 Å². The Kier molecular flexibility index (Phi) is 4.61. The summed E-state index contributed by atoms with van der Waals surface area (Å²) in [7, 11) is 1.28. The number of carbonyl (C=O) groups is 3. The highest BCUT2D eigenvalue weighted by atomic mass is 16.5. The molecule has 0 bridgehead atoms. The quantitative estimate of drug-likeness (QED) is 0.539. The number of benzene rings is 2. The van der Waals surface area contributed by atoms with Gasteiger partial charge in [-0.3, -0.25) is 9.36 Å². The first-order chi connectivity index (χ1) is 12.1. The number of aldehydes is 1. The van der Waals surface area contributed by atoms with Gasteiger partial charge in [-0.05, 0) is 23.8 Å². The van der Waals surface area contributed by atoms with Gasteiger partial charge >= 0.3 is 12.1 Å². The number of carbonyl (C=O) groups excluding carboxylic acids is 3. The Morgan fingerprint density at radius 3 is 2.56 bits per heavy atom. The molecular weight excluding hydrogens is 322 g/mol. The summed E-state index contributed by atoms with van der Waals surface area (Å²) in [5.74, 6) is -0.516. The third-order valence-corrected chi connectivity index (χ3v) is 3.79. The smallest absolute Gasteiger partial charge is 0.418 e. The first-order valence-corrected chi connectivity index (χ1v) is 7.53. The maximum absolute atomic E-state index is 12.4. The van der Waals surface area contributed by atoms with Crippen molar-refractivity contribution in [2.24, 2.45) is 0 Å². The highest BCUT2D eigenvalue weighted by molar-refractivity contribution is 6.04. The van der Waals surface area contributed by atoms with Gasteiger partial charge in [0.2, 0.25) is 0 Å². The SMILES string of the molecule is COC(=O)c1ccc2c(c1)c(C=O)cn2C(=O)OCc1ccccc1. The first-order valence-electron chi connectivity index (χ1n) is 7.53. The molecule has 0 N–H and O–H groups in total. The van der Waals surface area contributed by atoms with Crippen LogP contribution in [0.3, 0.4) is 0 Å². The van der Waals surface area contributed by atoms with Gasteiger partial charge in [0.25, 0.3) is 0 Å². The van der Waals surface area contributed by atoms with Crippen LogP contribution in [0.25, 0.3) is 10.9 Å². The first kappa shape index (κ1) is 16.4. The molecule has 3 rings (SSSR count). The Labute approximate surface area is 143 Å². The molecule has 126 valence electrons. The normalized spacial score (nSPS) is 10.4. The lowest BCUT2D eigenvalue weighted by atomic mass is 10.1. The van der Waals surface area contributed by atoms with E-state index >= 15 is 0 Å². The van der Waals surface area contributed by atoms with Gasteiger partial charge < -0.3 is 9.47 Å². The average Bonchev–Trinajstić information content (AvgIpc) is 3.04. The van der Waals surface area contributed by atoms with E-state index in [1.165, 1.54) is 30.0 Å². The van der Waals surface area contributed by atoms with E-state index in [-0.39, 0.29) is 12.2 Å². The molecule has 6 heteroatoms. The summed E-state index contributed by atoms with van der Waals surface area (Å²) < 4.78 is 11.2. The number of nitrogens with zero attached hydrogens (tertiary/aromatic N) is 1. The zero-order valence-electron chi connectivity index (χ0n) is 13.5. The van der Waals surface area contributed by atoms with E-state index in [0.29, 0.717) is 22.8 Å². The number of rotatable bonds is 4. The van der Waals surface area contributed by atoms with Gasteiger partial charge in [0, 0.05) is 17.1 Å². The fourth-order valence-electron chi connectivity index (χ4n) is 2.53. The van der Waals surface area contributed by atoms with Crippen molar-refractivity contribution in [3.05, 3.63) is 71.4 Å². The van der Waals surface area contributed by atoms with Crippen LogP contribution in [0.15, 0.2) is 54.7 Å². The summed E-state index contributed by atoms with van der Waals surface area (Å²) in [5, 5.41) is 0.481. The number of fused-ring (bicyclic) bond motifs is 1. The molecule has 0 spiro atoms. The Balaban J connectivity index is 1.92. The molecule has 0 fully saturated rings. The molecule has 2 aromatic carbocycles. The highest BCUT2D eigenvalue weighted by Crippen LogP contribution is 2.23. The van der Waals surface area contributed by atoms with Crippen LogP contribution in [-0.4, -0.2) is 30.0 Å². The Bertz CT molecular complexity index is 943. The lowest BCUT2D eigenvalue weighted by Gasteiger charge is -2.07. The second-order valence-corrected chi connectivity index (χ2v) is 5.34. The lowest BCUT2D eigenvalue weighted by molar-refractivity contribution is 0.0600. The van der Waals surface area contributed by atoms with Crippen LogP contribution in [0.4, 0.5) is 4.79 Å². The Hall–Kier alpha value is -3.41. The second-order valence-electron chi connectivity index (χ2n) is 5.34. The molecule has 0 radical (unpaired) electrons. The fourth-order valence-corrected chi connectivity index (χ4v) is 2.53. The van der Waals surface area contributed by atoms with Crippen LogP contribution < -0.4 is 0 Å². The molecule has 1 aromatic heterocycles. The van der Waals surface area contributed by atoms with E-state index in [1.54, 1.807) is 6.07 Å². The molecule has 1 heterocycles. The summed E-state index contributed by atoms with van der Waals surface area (Å²) in [6, 6.07) is 13.9. The fraction of sp³-hybridized carbons (Fsp3) is 0.105. The molecule has 0 amide bonds. The minimum absolute atomic E-state index is 0.121. The van der Waals surface area contributed by atoms with Crippen LogP contribution in [0.5, 0.6) is 0 Å². The average molecular weight is 337 g/mol. The standard InChI is InChI=1S/C19H15NO5/c1-24-18(22)14-7-8-17-16(9-14)15(11-21)10-20(17)19(23)25-12-13-5-3-2-4-6-13/h2-11H,12H2,1H3. The van der Waals surface area contributed by atoms with E-state index in [2.05, 4.69) is 4.74 Å². The van der Waals surface area contributed by atoms with Crippen molar-refractivity contribution in [3.8, 4) is 0 Å². The molecule has 0 unspecified atom stereocenters. The van der Waals surface area contributed by atoms with Crippen molar-refractivity contribution in [2.75, 3.05) is 7.11 Å². The minimum atomic E-state index is -0.604. The van der Waals surface area contributed by atoms with Crippen LogP contribution in [0.1, 0.15) is 26.3 Å². The van der Waals surface area contributed by atoms with E-state index in [9.17, 15) is 14.4 Å². The van der Waals surface area contributed by atoms with Crippen molar-refractivity contribution >= 4 is 29.3 Å². The summed E-state index contributed by atoms with van der Waals surface area (Å²) in [6.45, 7) is 0.121. The highest BCUT2D eigenvalue weighted by Gasteiger charge is 2.17. The van der Waals surface area contributed by atoms with E-state index < -0.39 is 12.1 Å². The van der Waals surface area contributed by atoms with Gasteiger partial charge in [-0.15, -0.1) is 0 Å². The van der Waals surface area contributed by atoms with Crippen molar-refractivity contribution in [2.45, 2.75) is 6.61 Å². The van der Waals surface area contributed by atoms with Crippen LogP contribution >= 0.6 is 0 Å². The molecule has 0 aliphatic heterocycles. The molecule has 0 saturated heterocycles. The van der Waals surface area contributed by atoms with Crippen LogP contribution in [0, 0.1) is 0 Å². The van der Waals surface area contributed by atoms with E-state index in [1.807, 2.05) is 30.3 Å². The van der Waals surface area contributed by atoms with Crippen molar-refractivity contribution in [1.82, 2.24) is 4.57 Å². The van der Waals surface area contributed by atoms with Gasteiger partial charge in [0.1, 0.15) is 6.61 Å². The Morgan fingerprint density at radius 2 is 1.88 bits per heavy atom. The van der Waals surface area contributed by atoms with Crippen molar-refractivity contribution in [3.63, 3.8) is 0 Å². The van der Waals surface area contributed by atoms with Gasteiger partial charge in [-0.25, -0.2) is 9.59 Å². The molecular formula is C19H15NO5. The number of esters is 1.